The number of Topliss-reactive ketones (excluding diaryl/α,β-unsaturated/α-hetero) is 1. The van der Waals surface area contributed by atoms with Crippen molar-refractivity contribution in [2.45, 2.75) is 16.1 Å². The summed E-state index contributed by atoms with van der Waals surface area (Å²) in [7, 11) is 0. The highest BCUT2D eigenvalue weighted by Gasteiger charge is 2.49. The quantitative estimate of drug-likeness (QED) is 0.123. The highest BCUT2D eigenvalue weighted by Crippen LogP contribution is 2.44. The molecule has 2 aromatic carbocycles. The Kier molecular flexibility index (Phi) is 6.57. The molecule has 1 fully saturated rings. The maximum absolute atomic E-state index is 14.9. The number of aromatic nitrogens is 3. The number of aliphatic hydroxyl groups is 1. The van der Waals surface area contributed by atoms with E-state index in [1.165, 1.54) is 66.6 Å². The van der Waals surface area contributed by atoms with Crippen LogP contribution in [0.1, 0.15) is 22.7 Å². The fraction of sp³-hybridized carbons (Fsp3) is 0.0800. The van der Waals surface area contributed by atoms with E-state index in [0.29, 0.717) is 10.1 Å². The molecule has 0 radical (unpaired) electrons. The van der Waals surface area contributed by atoms with Crippen LogP contribution in [0.15, 0.2) is 83.0 Å². The summed E-state index contributed by atoms with van der Waals surface area (Å²) in [4.78, 5) is 31.2. The number of ketones is 1. The molecule has 1 N–H and O–H groups in total. The average molecular weight is 523 g/mol. The Morgan fingerprint density at radius 3 is 2.44 bits per heavy atom. The maximum Gasteiger partial charge on any atom is 0.301 e. The van der Waals surface area contributed by atoms with Crippen LogP contribution < -0.4 is 4.90 Å². The van der Waals surface area contributed by atoms with E-state index >= 15 is 0 Å². The van der Waals surface area contributed by atoms with Crippen LogP contribution in [0.5, 0.6) is 0 Å². The second kappa shape index (κ2) is 9.96. The largest absolute Gasteiger partial charge is 0.507 e. The van der Waals surface area contributed by atoms with Crippen LogP contribution in [-0.2, 0) is 15.3 Å². The first-order valence-electron chi connectivity index (χ1n) is 10.6. The van der Waals surface area contributed by atoms with E-state index in [9.17, 15) is 23.5 Å². The molecule has 1 atom stereocenters. The molecule has 1 aliphatic rings. The Labute approximate surface area is 212 Å². The van der Waals surface area contributed by atoms with Crippen molar-refractivity contribution in [2.75, 3.05) is 4.90 Å². The van der Waals surface area contributed by atoms with Gasteiger partial charge in [0.05, 0.1) is 5.57 Å². The van der Waals surface area contributed by atoms with Crippen molar-refractivity contribution in [3.8, 4) is 0 Å². The third-order valence-corrected chi connectivity index (χ3v) is 7.60. The van der Waals surface area contributed by atoms with Gasteiger partial charge in [0, 0.05) is 29.3 Å². The minimum absolute atomic E-state index is 0.0306. The van der Waals surface area contributed by atoms with Gasteiger partial charge < -0.3 is 5.11 Å². The summed E-state index contributed by atoms with van der Waals surface area (Å²) in [6.07, 6.45) is 2.86. The predicted molar refractivity (Wildman–Crippen MR) is 131 cm³/mol. The summed E-state index contributed by atoms with van der Waals surface area (Å²) >= 11 is 2.38. The molecule has 3 heterocycles. The zero-order valence-electron chi connectivity index (χ0n) is 18.3. The minimum Gasteiger partial charge on any atom is -0.507 e. The Hall–Kier alpha value is -3.96. The van der Waals surface area contributed by atoms with Crippen molar-refractivity contribution in [1.29, 1.82) is 0 Å². The molecule has 5 rings (SSSR count). The van der Waals surface area contributed by atoms with Gasteiger partial charge in [-0.1, -0.05) is 53.4 Å². The van der Waals surface area contributed by atoms with E-state index in [2.05, 4.69) is 15.2 Å². The lowest BCUT2D eigenvalue weighted by Gasteiger charge is -2.22. The first kappa shape index (κ1) is 23.8. The fourth-order valence-electron chi connectivity index (χ4n) is 3.77. The van der Waals surface area contributed by atoms with Crippen LogP contribution in [0.4, 0.5) is 13.9 Å². The lowest BCUT2D eigenvalue weighted by Crippen LogP contribution is -2.29. The van der Waals surface area contributed by atoms with Crippen molar-refractivity contribution < 1.29 is 23.5 Å². The molecule has 7 nitrogen and oxygen atoms in total. The molecule has 1 unspecified atom stereocenters. The van der Waals surface area contributed by atoms with Gasteiger partial charge in [0.2, 0.25) is 5.13 Å². The summed E-state index contributed by atoms with van der Waals surface area (Å²) in [5, 5.41) is 19.3. The molecular formula is C25H16F2N4O3S2. The van der Waals surface area contributed by atoms with E-state index < -0.39 is 29.3 Å². The Morgan fingerprint density at radius 1 is 1.00 bits per heavy atom. The molecule has 0 aliphatic carbocycles. The summed E-state index contributed by atoms with van der Waals surface area (Å²) in [5.41, 5.74) is 0.898. The van der Waals surface area contributed by atoms with Crippen LogP contribution in [-0.4, -0.2) is 32.0 Å². The molecule has 180 valence electrons. The molecule has 36 heavy (non-hydrogen) atoms. The normalized spacial score (nSPS) is 17.1. The van der Waals surface area contributed by atoms with Crippen LogP contribution in [0.25, 0.3) is 5.76 Å². The lowest BCUT2D eigenvalue weighted by atomic mass is 9.95. The number of halogens is 2. The number of hydrogen-bond acceptors (Lipinski definition) is 8. The van der Waals surface area contributed by atoms with Crippen LogP contribution >= 0.6 is 23.1 Å². The molecule has 2 aromatic heterocycles. The van der Waals surface area contributed by atoms with Crippen molar-refractivity contribution in [1.82, 2.24) is 15.2 Å². The number of rotatable bonds is 6. The van der Waals surface area contributed by atoms with Crippen molar-refractivity contribution >= 4 is 45.7 Å². The Morgan fingerprint density at radius 2 is 1.72 bits per heavy atom. The summed E-state index contributed by atoms with van der Waals surface area (Å²) < 4.78 is 28.6. The molecular weight excluding hydrogens is 506 g/mol. The van der Waals surface area contributed by atoms with E-state index in [0.717, 1.165) is 21.8 Å². The standard InChI is InChI=1S/C25H16F2N4O3S2/c26-16-7-5-14(6-8-16)13-35-25-30-29-24(36-25)31-20(17-3-1-2-4-18(17)27)19(22(33)23(31)34)21(32)15-9-11-28-12-10-15/h1-12,20,32H,13H2/b21-19+. The summed E-state index contributed by atoms with van der Waals surface area (Å²) in [5.74, 6) is -2.87. The van der Waals surface area contributed by atoms with Gasteiger partial charge in [-0.05, 0) is 35.9 Å². The van der Waals surface area contributed by atoms with Gasteiger partial charge in [0.25, 0.3) is 5.78 Å². The number of pyridine rings is 1. The van der Waals surface area contributed by atoms with Gasteiger partial charge in [-0.15, -0.1) is 10.2 Å². The zero-order chi connectivity index (χ0) is 25.2. The third-order valence-electron chi connectivity index (χ3n) is 5.48. The third kappa shape index (κ3) is 4.50. The summed E-state index contributed by atoms with van der Waals surface area (Å²) in [6, 6.07) is 13.5. The van der Waals surface area contributed by atoms with E-state index in [-0.39, 0.29) is 27.6 Å². The number of thioether (sulfide) groups is 1. The molecule has 1 aliphatic heterocycles. The van der Waals surface area contributed by atoms with Gasteiger partial charge >= 0.3 is 5.91 Å². The number of carbonyl (C=O) groups excluding carboxylic acids is 2. The number of aliphatic hydroxyl groups excluding tert-OH is 1. The van der Waals surface area contributed by atoms with Crippen molar-refractivity contribution in [3.63, 3.8) is 0 Å². The molecule has 11 heteroatoms. The predicted octanol–water partition coefficient (Wildman–Crippen LogP) is 5.13. The van der Waals surface area contributed by atoms with Gasteiger partial charge in [-0.3, -0.25) is 19.5 Å². The SMILES string of the molecule is O=C1C(=O)N(c2nnc(SCc3ccc(F)cc3)s2)C(c2ccccc2F)/C1=C(\O)c1ccncc1. The second-order valence-corrected chi connectivity index (χ2v) is 9.87. The second-order valence-electron chi connectivity index (χ2n) is 7.69. The number of benzene rings is 2. The molecule has 1 saturated heterocycles. The summed E-state index contributed by atoms with van der Waals surface area (Å²) in [6.45, 7) is 0. The Bertz CT molecular complexity index is 1480. The van der Waals surface area contributed by atoms with Crippen molar-refractivity contribution in [2.24, 2.45) is 0 Å². The number of nitrogens with zero attached hydrogens (tertiary/aromatic N) is 4. The number of hydrogen-bond donors (Lipinski definition) is 1. The Balaban J connectivity index is 1.54. The highest BCUT2D eigenvalue weighted by atomic mass is 32.2. The molecule has 0 bridgehead atoms. The number of amides is 1. The number of anilines is 1. The number of carbonyl (C=O) groups is 2. The van der Waals surface area contributed by atoms with Gasteiger partial charge in [0.15, 0.2) is 4.34 Å². The fourth-order valence-corrected chi connectivity index (χ4v) is 5.59. The topological polar surface area (TPSA) is 96.3 Å². The van der Waals surface area contributed by atoms with E-state index in [1.807, 2.05) is 0 Å². The van der Waals surface area contributed by atoms with Gasteiger partial charge in [0.1, 0.15) is 23.4 Å². The minimum atomic E-state index is -1.25. The molecule has 0 spiro atoms. The van der Waals surface area contributed by atoms with E-state index in [4.69, 9.17) is 0 Å². The first-order valence-corrected chi connectivity index (χ1v) is 12.4. The maximum atomic E-state index is 14.9. The monoisotopic (exact) mass is 522 g/mol. The van der Waals surface area contributed by atoms with Crippen LogP contribution in [0.2, 0.25) is 0 Å². The highest BCUT2D eigenvalue weighted by molar-refractivity contribution is 8.00. The van der Waals surface area contributed by atoms with Gasteiger partial charge in [-0.25, -0.2) is 8.78 Å². The van der Waals surface area contributed by atoms with Crippen LogP contribution in [0.3, 0.4) is 0 Å². The zero-order valence-corrected chi connectivity index (χ0v) is 20.0. The first-order chi connectivity index (χ1) is 17.4. The van der Waals surface area contributed by atoms with Crippen LogP contribution in [0, 0.1) is 11.6 Å². The van der Waals surface area contributed by atoms with E-state index in [1.54, 1.807) is 18.2 Å². The molecule has 4 aromatic rings. The van der Waals surface area contributed by atoms with Gasteiger partial charge in [-0.2, -0.15) is 0 Å². The lowest BCUT2D eigenvalue weighted by molar-refractivity contribution is -0.132. The smallest absolute Gasteiger partial charge is 0.301 e. The van der Waals surface area contributed by atoms with Crippen molar-refractivity contribution in [3.05, 3.63) is 107 Å². The average Bonchev–Trinajstić information content (AvgIpc) is 3.46. The molecule has 1 amide bonds. The molecule has 0 saturated carbocycles.